The first kappa shape index (κ1) is 26.1. The molecule has 1 spiro atoms. The molecule has 11 rings (SSSR count). The van der Waals surface area contributed by atoms with Gasteiger partial charge in [-0.15, -0.1) is 0 Å². The molecule has 224 valence electrons. The molecule has 3 nitrogen and oxygen atoms in total. The second kappa shape index (κ2) is 9.49. The van der Waals surface area contributed by atoms with Crippen LogP contribution in [0.25, 0.3) is 72.9 Å². The van der Waals surface area contributed by atoms with Crippen LogP contribution in [0, 0.1) is 0 Å². The summed E-state index contributed by atoms with van der Waals surface area (Å²) in [5.41, 5.74) is 16.8. The van der Waals surface area contributed by atoms with Crippen LogP contribution in [-0.2, 0) is 11.8 Å². The Hall–Kier alpha value is -6.06. The van der Waals surface area contributed by atoms with E-state index in [2.05, 4.69) is 140 Å². The summed E-state index contributed by atoms with van der Waals surface area (Å²) in [7, 11) is 0. The number of allylic oxidation sites excluding steroid dienone is 1. The molecule has 6 aromatic carbocycles. The normalized spacial score (nSPS) is 16.6. The summed E-state index contributed by atoms with van der Waals surface area (Å²) in [4.78, 5) is 10.5. The zero-order valence-corrected chi connectivity index (χ0v) is 26.1. The molecule has 0 aliphatic heterocycles. The Morgan fingerprint density at radius 2 is 1.31 bits per heavy atom. The van der Waals surface area contributed by atoms with Crippen molar-refractivity contribution in [3.63, 3.8) is 0 Å². The summed E-state index contributed by atoms with van der Waals surface area (Å²) < 4.78 is 6.71. The molecule has 0 amide bonds. The van der Waals surface area contributed by atoms with E-state index in [1.165, 1.54) is 44.5 Å². The number of para-hydroxylation sites is 1. The van der Waals surface area contributed by atoms with Gasteiger partial charge in [0.2, 0.25) is 0 Å². The first-order chi connectivity index (χ1) is 23.8. The fraction of sp³-hybridized carbons (Fsp3) is 0.0667. The van der Waals surface area contributed by atoms with Gasteiger partial charge in [0.25, 0.3) is 0 Å². The highest BCUT2D eigenvalue weighted by molar-refractivity contribution is 6.13. The van der Waals surface area contributed by atoms with E-state index in [-0.39, 0.29) is 0 Å². The zero-order chi connectivity index (χ0) is 31.4. The minimum Gasteiger partial charge on any atom is -0.455 e. The van der Waals surface area contributed by atoms with Crippen molar-refractivity contribution in [2.45, 2.75) is 18.3 Å². The smallest absolute Gasteiger partial charge is 0.160 e. The van der Waals surface area contributed by atoms with Gasteiger partial charge in [0.15, 0.2) is 5.82 Å². The van der Waals surface area contributed by atoms with Gasteiger partial charge in [-0.3, -0.25) is 0 Å². The third-order valence-electron chi connectivity index (χ3n) is 10.8. The largest absolute Gasteiger partial charge is 0.455 e. The molecule has 0 bridgehead atoms. The van der Waals surface area contributed by atoms with Crippen LogP contribution in [-0.4, -0.2) is 9.97 Å². The quantitative estimate of drug-likeness (QED) is 0.195. The highest BCUT2D eigenvalue weighted by Gasteiger charge is 2.52. The van der Waals surface area contributed by atoms with Crippen LogP contribution >= 0.6 is 0 Å². The van der Waals surface area contributed by atoms with Crippen molar-refractivity contribution < 1.29 is 4.42 Å². The van der Waals surface area contributed by atoms with E-state index < -0.39 is 5.41 Å². The van der Waals surface area contributed by atoms with E-state index in [1.54, 1.807) is 0 Å². The fourth-order valence-electron chi connectivity index (χ4n) is 8.79. The maximum absolute atomic E-state index is 6.71. The lowest BCUT2D eigenvalue weighted by molar-refractivity contribution is 0.669. The molecule has 0 saturated heterocycles. The lowest BCUT2D eigenvalue weighted by atomic mass is 9.70. The minimum absolute atomic E-state index is 0.500. The number of hydrogen-bond acceptors (Lipinski definition) is 3. The van der Waals surface area contributed by atoms with Crippen molar-refractivity contribution >= 4 is 28.0 Å². The monoisotopic (exact) mass is 612 g/mol. The van der Waals surface area contributed by atoms with Crippen LogP contribution in [0.5, 0.6) is 0 Å². The van der Waals surface area contributed by atoms with Crippen LogP contribution < -0.4 is 0 Å². The standard InChI is InChI=1S/C45H28N2O/c1-2-12-27(13-3-1)42-34-17-6-10-20-39(34)46-44(47-42)28-22-23-30-29-14-4-8-18-35(29)45(38(30)26-28)36-19-9-5-16-33(36)41-37(45)25-24-32-31-15-7-11-21-40(31)48-43(32)41/h1-9,11-19,21-26H,10,20H2. The van der Waals surface area contributed by atoms with E-state index in [1.807, 2.05) is 6.07 Å². The van der Waals surface area contributed by atoms with E-state index in [0.717, 1.165) is 68.7 Å². The molecule has 8 aromatic rings. The Kier molecular flexibility index (Phi) is 5.15. The molecule has 3 heteroatoms. The van der Waals surface area contributed by atoms with Gasteiger partial charge in [0.1, 0.15) is 11.2 Å². The van der Waals surface area contributed by atoms with Crippen molar-refractivity contribution in [2.75, 3.05) is 0 Å². The number of furan rings is 1. The number of rotatable bonds is 2. The number of hydrogen-bond donors (Lipinski definition) is 0. The average molecular weight is 613 g/mol. The first-order valence-corrected chi connectivity index (χ1v) is 16.7. The summed E-state index contributed by atoms with van der Waals surface area (Å²) in [6.07, 6.45) is 6.34. The fourth-order valence-corrected chi connectivity index (χ4v) is 8.79. The third-order valence-corrected chi connectivity index (χ3v) is 10.8. The molecule has 1 atom stereocenters. The number of fused-ring (bicyclic) bond motifs is 15. The predicted molar refractivity (Wildman–Crippen MR) is 194 cm³/mol. The Bertz CT molecular complexity index is 2680. The predicted octanol–water partition coefficient (Wildman–Crippen LogP) is 11.0. The summed E-state index contributed by atoms with van der Waals surface area (Å²) in [6.45, 7) is 0. The lowest BCUT2D eigenvalue weighted by Gasteiger charge is -2.30. The van der Waals surface area contributed by atoms with Crippen LogP contribution in [0.1, 0.15) is 39.9 Å². The summed E-state index contributed by atoms with van der Waals surface area (Å²) in [5, 5.41) is 2.30. The van der Waals surface area contributed by atoms with E-state index >= 15 is 0 Å². The maximum Gasteiger partial charge on any atom is 0.160 e. The topological polar surface area (TPSA) is 38.9 Å². The molecule has 0 radical (unpaired) electrons. The number of benzene rings is 6. The van der Waals surface area contributed by atoms with Gasteiger partial charge in [0.05, 0.1) is 16.8 Å². The molecule has 2 aromatic heterocycles. The van der Waals surface area contributed by atoms with Crippen molar-refractivity contribution in [1.29, 1.82) is 0 Å². The third kappa shape index (κ3) is 3.28. The Morgan fingerprint density at radius 3 is 2.21 bits per heavy atom. The van der Waals surface area contributed by atoms with Crippen molar-refractivity contribution in [1.82, 2.24) is 9.97 Å². The molecule has 2 heterocycles. The van der Waals surface area contributed by atoms with Crippen molar-refractivity contribution in [3.05, 3.63) is 173 Å². The molecular formula is C45H28N2O. The van der Waals surface area contributed by atoms with Gasteiger partial charge in [-0.25, -0.2) is 9.97 Å². The lowest BCUT2D eigenvalue weighted by Crippen LogP contribution is -2.25. The Morgan fingerprint density at radius 1 is 0.562 bits per heavy atom. The zero-order valence-electron chi connectivity index (χ0n) is 26.1. The summed E-state index contributed by atoms with van der Waals surface area (Å²) >= 11 is 0. The van der Waals surface area contributed by atoms with E-state index in [4.69, 9.17) is 14.4 Å². The highest BCUT2D eigenvalue weighted by atomic mass is 16.3. The van der Waals surface area contributed by atoms with Crippen LogP contribution in [0.3, 0.4) is 0 Å². The number of nitrogens with zero attached hydrogens (tertiary/aromatic N) is 2. The van der Waals surface area contributed by atoms with Crippen molar-refractivity contribution in [2.24, 2.45) is 0 Å². The van der Waals surface area contributed by atoms with Gasteiger partial charge in [-0.1, -0.05) is 133 Å². The van der Waals surface area contributed by atoms with E-state index in [9.17, 15) is 0 Å². The Balaban J connectivity index is 1.21. The second-order valence-corrected chi connectivity index (χ2v) is 13.1. The molecule has 3 aliphatic rings. The van der Waals surface area contributed by atoms with Crippen LogP contribution in [0.2, 0.25) is 0 Å². The molecule has 0 fully saturated rings. The average Bonchev–Trinajstić information content (AvgIpc) is 3.78. The van der Waals surface area contributed by atoms with Crippen molar-refractivity contribution in [3.8, 4) is 44.9 Å². The summed E-state index contributed by atoms with van der Waals surface area (Å²) in [6, 6.07) is 48.3. The van der Waals surface area contributed by atoms with Gasteiger partial charge in [0, 0.05) is 33.0 Å². The van der Waals surface area contributed by atoms with Gasteiger partial charge in [-0.05, 0) is 63.9 Å². The summed E-state index contributed by atoms with van der Waals surface area (Å²) in [5.74, 6) is 0.774. The molecule has 0 saturated carbocycles. The van der Waals surface area contributed by atoms with E-state index in [0.29, 0.717) is 0 Å². The SMILES string of the molecule is C1=Cc2c(nc(-c3ccc4c(c3)C3(c5ccccc5-4)c4ccccc4-c4c3ccc3c4oc4ccccc43)nc2-c2ccccc2)CC1. The molecular weight excluding hydrogens is 585 g/mol. The molecule has 1 unspecified atom stereocenters. The first-order valence-electron chi connectivity index (χ1n) is 16.7. The molecule has 48 heavy (non-hydrogen) atoms. The second-order valence-electron chi connectivity index (χ2n) is 13.1. The molecule has 3 aliphatic carbocycles. The number of aryl methyl sites for hydroxylation is 1. The van der Waals surface area contributed by atoms with Gasteiger partial charge < -0.3 is 4.42 Å². The molecule has 0 N–H and O–H groups in total. The maximum atomic E-state index is 6.71. The van der Waals surface area contributed by atoms with Crippen LogP contribution in [0.15, 0.2) is 144 Å². The number of aromatic nitrogens is 2. The van der Waals surface area contributed by atoms with Gasteiger partial charge in [-0.2, -0.15) is 0 Å². The van der Waals surface area contributed by atoms with Crippen LogP contribution in [0.4, 0.5) is 0 Å². The Labute approximate surface area is 277 Å². The highest BCUT2D eigenvalue weighted by Crippen LogP contribution is 2.64. The minimum atomic E-state index is -0.500. The van der Waals surface area contributed by atoms with Gasteiger partial charge >= 0.3 is 0 Å².